The van der Waals surface area contributed by atoms with Crippen molar-refractivity contribution >= 4 is 23.2 Å². The first-order valence-electron chi connectivity index (χ1n) is 7.87. The van der Waals surface area contributed by atoms with Gasteiger partial charge in [-0.25, -0.2) is 0 Å². The zero-order valence-electron chi connectivity index (χ0n) is 14.1. The van der Waals surface area contributed by atoms with Gasteiger partial charge >= 0.3 is 12.5 Å². The molecule has 0 aliphatic carbocycles. The number of carbonyl (C=O) groups is 1. The molecule has 3 nitrogen and oxygen atoms in total. The Morgan fingerprint density at radius 3 is 2.36 bits per heavy atom. The van der Waals surface area contributed by atoms with Crippen LogP contribution in [0.4, 0.5) is 32.0 Å². The second-order valence-electron chi connectivity index (χ2n) is 6.52. The van der Waals surface area contributed by atoms with Gasteiger partial charge in [0.1, 0.15) is 5.75 Å². The van der Waals surface area contributed by atoms with Gasteiger partial charge in [0, 0.05) is 10.7 Å². The van der Waals surface area contributed by atoms with Gasteiger partial charge in [-0.1, -0.05) is 11.6 Å². The van der Waals surface area contributed by atoms with Crippen LogP contribution in [-0.4, -0.2) is 12.3 Å². The fourth-order valence-electron chi connectivity index (χ4n) is 3.21. The Morgan fingerprint density at radius 2 is 1.75 bits per heavy atom. The molecule has 10 heteroatoms. The molecule has 1 amide bonds. The Hall–Kier alpha value is -2.42. The lowest BCUT2D eigenvalue weighted by Gasteiger charge is -2.25. The summed E-state index contributed by atoms with van der Waals surface area (Å²) in [6.45, 7) is 1.35. The third-order valence-electron chi connectivity index (χ3n) is 4.49. The predicted molar refractivity (Wildman–Crippen MR) is 89.3 cm³/mol. The third-order valence-corrected chi connectivity index (χ3v) is 4.72. The largest absolute Gasteiger partial charge is 0.573 e. The normalized spacial score (nSPS) is 19.4. The SMILES string of the molecule is CC1(Cc2cc(Cl)ccc2C(F)(F)F)C(=O)Nc2ccc(OC(F)(F)F)cc21. The van der Waals surface area contributed by atoms with Gasteiger partial charge in [0.25, 0.3) is 0 Å². The molecule has 1 atom stereocenters. The van der Waals surface area contributed by atoms with Crippen LogP contribution in [0, 0.1) is 0 Å². The van der Waals surface area contributed by atoms with Crippen molar-refractivity contribution in [3.05, 3.63) is 58.1 Å². The number of hydrogen-bond donors (Lipinski definition) is 1. The summed E-state index contributed by atoms with van der Waals surface area (Å²) < 4.78 is 81.3. The van der Waals surface area contributed by atoms with E-state index in [4.69, 9.17) is 11.6 Å². The van der Waals surface area contributed by atoms with Crippen molar-refractivity contribution in [2.24, 2.45) is 0 Å². The summed E-state index contributed by atoms with van der Waals surface area (Å²) in [6.07, 6.45) is -10.1. The van der Waals surface area contributed by atoms with Gasteiger partial charge in [-0.05, 0) is 60.9 Å². The molecule has 2 aromatic carbocycles. The molecule has 0 spiro atoms. The zero-order valence-corrected chi connectivity index (χ0v) is 14.9. The summed E-state index contributed by atoms with van der Waals surface area (Å²) >= 11 is 5.82. The predicted octanol–water partition coefficient (Wildman–Crippen LogP) is 5.71. The highest BCUT2D eigenvalue weighted by Crippen LogP contribution is 2.44. The molecule has 0 saturated heterocycles. The molecule has 0 fully saturated rings. The van der Waals surface area contributed by atoms with Crippen molar-refractivity contribution in [1.82, 2.24) is 0 Å². The van der Waals surface area contributed by atoms with Gasteiger partial charge < -0.3 is 10.1 Å². The van der Waals surface area contributed by atoms with Crippen molar-refractivity contribution in [1.29, 1.82) is 0 Å². The number of carbonyl (C=O) groups excluding carboxylic acids is 1. The quantitative estimate of drug-likeness (QED) is 0.642. The van der Waals surface area contributed by atoms with Crippen LogP contribution in [0.15, 0.2) is 36.4 Å². The average Bonchev–Trinajstić information content (AvgIpc) is 2.76. The van der Waals surface area contributed by atoms with Crippen LogP contribution in [0.25, 0.3) is 0 Å². The lowest BCUT2D eigenvalue weighted by atomic mass is 9.77. The van der Waals surface area contributed by atoms with Crippen LogP contribution < -0.4 is 10.1 Å². The number of rotatable bonds is 3. The number of halogens is 7. The summed E-state index contributed by atoms with van der Waals surface area (Å²) in [5.74, 6) is -1.21. The molecule has 2 aromatic rings. The number of anilines is 1. The van der Waals surface area contributed by atoms with Crippen molar-refractivity contribution in [2.75, 3.05) is 5.32 Å². The smallest absolute Gasteiger partial charge is 0.406 e. The Balaban J connectivity index is 2.06. The molecule has 1 aliphatic rings. The standard InChI is InChI=1S/C18H12ClF6NO2/c1-16(8-9-6-10(19)2-4-12(9)17(20,21)22)13-7-11(28-18(23,24)25)3-5-14(13)26-15(16)27/h2-7H,8H2,1H3,(H,26,27). The van der Waals surface area contributed by atoms with Crippen LogP contribution in [0.1, 0.15) is 23.6 Å². The van der Waals surface area contributed by atoms with Crippen molar-refractivity contribution in [3.8, 4) is 5.75 Å². The first kappa shape index (κ1) is 20.3. The second-order valence-corrected chi connectivity index (χ2v) is 6.95. The average molecular weight is 424 g/mol. The Kier molecular flexibility index (Phi) is 4.77. The van der Waals surface area contributed by atoms with Gasteiger partial charge in [-0.3, -0.25) is 4.79 Å². The molecular formula is C18H12ClF6NO2. The number of hydrogen-bond acceptors (Lipinski definition) is 2. The van der Waals surface area contributed by atoms with Crippen LogP contribution >= 0.6 is 11.6 Å². The van der Waals surface area contributed by atoms with E-state index in [1.54, 1.807) is 0 Å². The maximum atomic E-state index is 13.3. The maximum Gasteiger partial charge on any atom is 0.573 e. The van der Waals surface area contributed by atoms with Crippen molar-refractivity contribution < 1.29 is 35.9 Å². The molecule has 1 N–H and O–H groups in total. The molecule has 1 heterocycles. The summed E-state index contributed by atoms with van der Waals surface area (Å²) in [7, 11) is 0. The molecule has 0 aromatic heterocycles. The lowest BCUT2D eigenvalue weighted by Crippen LogP contribution is -2.34. The van der Waals surface area contributed by atoms with E-state index in [1.165, 1.54) is 13.0 Å². The number of benzene rings is 2. The van der Waals surface area contributed by atoms with Crippen LogP contribution in [-0.2, 0) is 22.8 Å². The first-order chi connectivity index (χ1) is 12.8. The number of amides is 1. The summed E-state index contributed by atoms with van der Waals surface area (Å²) in [4.78, 5) is 12.5. The third kappa shape index (κ3) is 3.89. The first-order valence-corrected chi connectivity index (χ1v) is 8.25. The minimum Gasteiger partial charge on any atom is -0.406 e. The van der Waals surface area contributed by atoms with Crippen LogP contribution in [0.5, 0.6) is 5.75 Å². The number of nitrogens with one attached hydrogen (secondary N) is 1. The van der Waals surface area contributed by atoms with Crippen LogP contribution in [0.3, 0.4) is 0 Å². The van der Waals surface area contributed by atoms with Gasteiger partial charge in [-0.15, -0.1) is 13.2 Å². The fraction of sp³-hybridized carbons (Fsp3) is 0.278. The lowest BCUT2D eigenvalue weighted by molar-refractivity contribution is -0.274. The van der Waals surface area contributed by atoms with Gasteiger partial charge in [-0.2, -0.15) is 13.2 Å². The molecule has 1 unspecified atom stereocenters. The zero-order chi connectivity index (χ0) is 20.9. The molecule has 1 aliphatic heterocycles. The fourth-order valence-corrected chi connectivity index (χ4v) is 3.40. The van der Waals surface area contributed by atoms with E-state index in [9.17, 15) is 31.1 Å². The molecule has 3 rings (SSSR count). The van der Waals surface area contributed by atoms with E-state index in [1.807, 2.05) is 0 Å². The van der Waals surface area contributed by atoms with Gasteiger partial charge in [0.05, 0.1) is 11.0 Å². The van der Waals surface area contributed by atoms with E-state index in [2.05, 4.69) is 10.1 Å². The Bertz CT molecular complexity index is 941. The monoisotopic (exact) mass is 423 g/mol. The molecular weight excluding hydrogens is 412 g/mol. The minimum absolute atomic E-state index is 0.0411. The Labute approximate surface area is 160 Å². The summed E-state index contributed by atoms with van der Waals surface area (Å²) in [6, 6.07) is 6.20. The van der Waals surface area contributed by atoms with E-state index in [0.29, 0.717) is 0 Å². The van der Waals surface area contributed by atoms with E-state index in [-0.39, 0.29) is 21.8 Å². The van der Waals surface area contributed by atoms with E-state index < -0.39 is 41.6 Å². The molecule has 0 radical (unpaired) electrons. The highest BCUT2D eigenvalue weighted by molar-refractivity contribution is 6.30. The van der Waals surface area contributed by atoms with E-state index in [0.717, 1.165) is 30.3 Å². The van der Waals surface area contributed by atoms with Gasteiger partial charge in [0.2, 0.25) is 5.91 Å². The van der Waals surface area contributed by atoms with Crippen molar-refractivity contribution in [2.45, 2.75) is 31.3 Å². The number of alkyl halides is 6. The van der Waals surface area contributed by atoms with E-state index >= 15 is 0 Å². The molecule has 150 valence electrons. The highest BCUT2D eigenvalue weighted by atomic mass is 35.5. The molecule has 0 bridgehead atoms. The maximum absolute atomic E-state index is 13.3. The topological polar surface area (TPSA) is 38.3 Å². The summed E-state index contributed by atoms with van der Waals surface area (Å²) in [5.41, 5.74) is -2.45. The highest BCUT2D eigenvalue weighted by Gasteiger charge is 2.45. The number of ether oxygens (including phenoxy) is 1. The number of fused-ring (bicyclic) bond motifs is 1. The molecule has 28 heavy (non-hydrogen) atoms. The minimum atomic E-state index is -4.95. The second kappa shape index (κ2) is 6.58. The van der Waals surface area contributed by atoms with Gasteiger partial charge in [0.15, 0.2) is 0 Å². The van der Waals surface area contributed by atoms with Crippen LogP contribution in [0.2, 0.25) is 5.02 Å². The van der Waals surface area contributed by atoms with Crippen molar-refractivity contribution in [3.63, 3.8) is 0 Å². The Morgan fingerprint density at radius 1 is 1.07 bits per heavy atom. The summed E-state index contributed by atoms with van der Waals surface area (Å²) in [5, 5.41) is 2.52. The molecule has 0 saturated carbocycles.